The summed E-state index contributed by atoms with van der Waals surface area (Å²) in [5, 5.41) is 10.5. The number of esters is 1. The lowest BCUT2D eigenvalue weighted by Crippen LogP contribution is -2.45. The first kappa shape index (κ1) is 16.8. The topological polar surface area (TPSA) is 93.3 Å². The molecule has 1 amide bonds. The van der Waals surface area contributed by atoms with Gasteiger partial charge >= 0.3 is 12.1 Å². The standard InChI is InChI=1S/C16H21N3O4/c1-16(2,3)23-15(21)17-13(14(20)22-4)9-12-10-7-5-6-8-11(10)18-19-12/h5-8,13H,9H2,1-4H3,(H,17,21)(H,18,19). The number of aromatic amines is 1. The van der Waals surface area contributed by atoms with Crippen molar-refractivity contribution >= 4 is 23.0 Å². The predicted molar refractivity (Wildman–Crippen MR) is 85.0 cm³/mol. The Morgan fingerprint density at radius 3 is 2.65 bits per heavy atom. The van der Waals surface area contributed by atoms with E-state index in [0.717, 1.165) is 16.6 Å². The van der Waals surface area contributed by atoms with Gasteiger partial charge in [-0.2, -0.15) is 5.10 Å². The van der Waals surface area contributed by atoms with Gasteiger partial charge in [0.25, 0.3) is 0 Å². The summed E-state index contributed by atoms with van der Waals surface area (Å²) in [6, 6.07) is 6.66. The molecule has 0 saturated heterocycles. The highest BCUT2D eigenvalue weighted by Crippen LogP contribution is 2.17. The van der Waals surface area contributed by atoms with Gasteiger partial charge in [-0.25, -0.2) is 9.59 Å². The number of rotatable bonds is 4. The Bertz CT molecular complexity index is 703. The summed E-state index contributed by atoms with van der Waals surface area (Å²) in [6.07, 6.45) is -0.441. The number of para-hydroxylation sites is 1. The SMILES string of the molecule is COC(=O)C(Cc1[nH]nc2ccccc12)NC(=O)OC(C)(C)C. The molecule has 0 aliphatic heterocycles. The summed E-state index contributed by atoms with van der Waals surface area (Å²) in [4.78, 5) is 23.9. The van der Waals surface area contributed by atoms with Gasteiger partial charge in [0, 0.05) is 17.5 Å². The number of carbonyl (C=O) groups excluding carboxylic acids is 2. The molecule has 1 heterocycles. The Hall–Kier alpha value is -2.57. The summed E-state index contributed by atoms with van der Waals surface area (Å²) in [6.45, 7) is 5.26. The molecule has 0 saturated carbocycles. The summed E-state index contributed by atoms with van der Waals surface area (Å²) < 4.78 is 9.95. The number of hydrogen-bond acceptors (Lipinski definition) is 5. The van der Waals surface area contributed by atoms with Gasteiger partial charge in [0.1, 0.15) is 11.6 Å². The minimum Gasteiger partial charge on any atom is -0.467 e. The number of aromatic nitrogens is 2. The summed E-state index contributed by atoms with van der Waals surface area (Å²) >= 11 is 0. The Labute approximate surface area is 134 Å². The Balaban J connectivity index is 2.16. The van der Waals surface area contributed by atoms with Gasteiger partial charge < -0.3 is 14.8 Å². The number of ether oxygens (including phenoxy) is 2. The van der Waals surface area contributed by atoms with Gasteiger partial charge in [-0.3, -0.25) is 5.10 Å². The molecule has 1 unspecified atom stereocenters. The molecule has 0 fully saturated rings. The lowest BCUT2D eigenvalue weighted by atomic mass is 10.1. The average molecular weight is 319 g/mol. The van der Waals surface area contributed by atoms with Crippen molar-refractivity contribution in [3.05, 3.63) is 30.0 Å². The zero-order valence-corrected chi connectivity index (χ0v) is 13.7. The zero-order valence-electron chi connectivity index (χ0n) is 13.7. The molecule has 124 valence electrons. The van der Waals surface area contributed by atoms with E-state index in [9.17, 15) is 9.59 Å². The number of nitrogens with zero attached hydrogens (tertiary/aromatic N) is 1. The van der Waals surface area contributed by atoms with Gasteiger partial charge in [0.05, 0.1) is 12.6 Å². The van der Waals surface area contributed by atoms with Crippen LogP contribution in [0.3, 0.4) is 0 Å². The van der Waals surface area contributed by atoms with Crippen LogP contribution in [-0.4, -0.2) is 41.0 Å². The van der Waals surface area contributed by atoms with Crippen LogP contribution in [0.1, 0.15) is 26.5 Å². The van der Waals surface area contributed by atoms with E-state index in [4.69, 9.17) is 9.47 Å². The lowest BCUT2D eigenvalue weighted by Gasteiger charge is -2.22. The highest BCUT2D eigenvalue weighted by molar-refractivity contribution is 5.84. The van der Waals surface area contributed by atoms with Gasteiger partial charge in [-0.15, -0.1) is 0 Å². The number of alkyl carbamates (subject to hydrolysis) is 1. The highest BCUT2D eigenvalue weighted by atomic mass is 16.6. The number of amides is 1. The van der Waals surface area contributed by atoms with Crippen molar-refractivity contribution in [3.63, 3.8) is 0 Å². The third kappa shape index (κ3) is 4.45. The number of hydrogen-bond donors (Lipinski definition) is 2. The first-order chi connectivity index (χ1) is 10.8. The van der Waals surface area contributed by atoms with Crippen LogP contribution in [0.25, 0.3) is 10.9 Å². The van der Waals surface area contributed by atoms with Crippen LogP contribution in [0.4, 0.5) is 4.79 Å². The van der Waals surface area contributed by atoms with Crippen LogP contribution < -0.4 is 5.32 Å². The van der Waals surface area contributed by atoms with Crippen LogP contribution in [0.15, 0.2) is 24.3 Å². The normalized spacial score (nSPS) is 12.7. The van der Waals surface area contributed by atoms with Gasteiger partial charge in [-0.1, -0.05) is 18.2 Å². The van der Waals surface area contributed by atoms with E-state index in [1.54, 1.807) is 20.8 Å². The maximum absolute atomic E-state index is 11.9. The maximum atomic E-state index is 11.9. The molecule has 23 heavy (non-hydrogen) atoms. The smallest absolute Gasteiger partial charge is 0.408 e. The van der Waals surface area contributed by atoms with E-state index < -0.39 is 23.7 Å². The number of methoxy groups -OCH3 is 1. The third-order valence-electron chi connectivity index (χ3n) is 3.13. The molecule has 0 bridgehead atoms. The molecule has 0 spiro atoms. The number of carbonyl (C=O) groups is 2. The fraction of sp³-hybridized carbons (Fsp3) is 0.438. The van der Waals surface area contributed by atoms with Gasteiger partial charge in [-0.05, 0) is 26.8 Å². The summed E-state index contributed by atoms with van der Waals surface area (Å²) in [5.74, 6) is -0.547. The lowest BCUT2D eigenvalue weighted by molar-refractivity contribution is -0.143. The van der Waals surface area contributed by atoms with Crippen molar-refractivity contribution < 1.29 is 19.1 Å². The second kappa shape index (κ2) is 6.68. The Morgan fingerprint density at radius 2 is 2.00 bits per heavy atom. The van der Waals surface area contributed by atoms with E-state index in [1.165, 1.54) is 7.11 Å². The molecule has 1 aromatic heterocycles. The molecule has 0 aliphatic rings. The van der Waals surface area contributed by atoms with E-state index >= 15 is 0 Å². The van der Waals surface area contributed by atoms with Gasteiger partial charge in [0.2, 0.25) is 0 Å². The average Bonchev–Trinajstić information content (AvgIpc) is 2.87. The van der Waals surface area contributed by atoms with Crippen molar-refractivity contribution in [1.82, 2.24) is 15.5 Å². The maximum Gasteiger partial charge on any atom is 0.408 e. The molecule has 2 rings (SSSR count). The van der Waals surface area contributed by atoms with Crippen molar-refractivity contribution in [2.24, 2.45) is 0 Å². The molecule has 7 nitrogen and oxygen atoms in total. The largest absolute Gasteiger partial charge is 0.467 e. The van der Waals surface area contributed by atoms with Crippen LogP contribution in [0.5, 0.6) is 0 Å². The van der Waals surface area contributed by atoms with Crippen LogP contribution >= 0.6 is 0 Å². The molecule has 7 heteroatoms. The predicted octanol–water partition coefficient (Wildman–Crippen LogP) is 2.17. The second-order valence-corrected chi connectivity index (χ2v) is 6.15. The molecule has 1 aromatic carbocycles. The molecular weight excluding hydrogens is 298 g/mol. The Morgan fingerprint density at radius 1 is 1.30 bits per heavy atom. The fourth-order valence-corrected chi connectivity index (χ4v) is 2.16. The van der Waals surface area contributed by atoms with Crippen LogP contribution in [0.2, 0.25) is 0 Å². The quantitative estimate of drug-likeness (QED) is 0.842. The van der Waals surface area contributed by atoms with E-state index in [0.29, 0.717) is 0 Å². The number of benzene rings is 1. The van der Waals surface area contributed by atoms with Crippen LogP contribution in [0, 0.1) is 0 Å². The highest BCUT2D eigenvalue weighted by Gasteiger charge is 2.26. The minimum absolute atomic E-state index is 0.229. The number of H-pyrrole nitrogens is 1. The van der Waals surface area contributed by atoms with Crippen LogP contribution in [-0.2, 0) is 20.7 Å². The monoisotopic (exact) mass is 319 g/mol. The minimum atomic E-state index is -0.862. The van der Waals surface area contributed by atoms with E-state index in [-0.39, 0.29) is 6.42 Å². The molecule has 2 N–H and O–H groups in total. The van der Waals surface area contributed by atoms with Gasteiger partial charge in [0.15, 0.2) is 0 Å². The third-order valence-corrected chi connectivity index (χ3v) is 3.13. The summed E-state index contributed by atoms with van der Waals surface area (Å²) in [5.41, 5.74) is 0.890. The first-order valence-corrected chi connectivity index (χ1v) is 7.29. The van der Waals surface area contributed by atoms with E-state index in [1.807, 2.05) is 24.3 Å². The first-order valence-electron chi connectivity index (χ1n) is 7.29. The number of nitrogens with one attached hydrogen (secondary N) is 2. The fourth-order valence-electron chi connectivity index (χ4n) is 2.16. The molecule has 0 radical (unpaired) electrons. The van der Waals surface area contributed by atoms with E-state index in [2.05, 4.69) is 15.5 Å². The second-order valence-electron chi connectivity index (χ2n) is 6.15. The molecule has 1 atom stereocenters. The number of fused-ring (bicyclic) bond motifs is 1. The van der Waals surface area contributed by atoms with Crippen molar-refractivity contribution in [2.45, 2.75) is 38.8 Å². The zero-order chi connectivity index (χ0) is 17.0. The molecule has 0 aliphatic carbocycles. The Kier molecular flexibility index (Phi) is 4.88. The molecule has 2 aromatic rings. The van der Waals surface area contributed by atoms with Crippen molar-refractivity contribution in [2.75, 3.05) is 7.11 Å². The van der Waals surface area contributed by atoms with Crippen molar-refractivity contribution in [1.29, 1.82) is 0 Å². The molecular formula is C16H21N3O4. The van der Waals surface area contributed by atoms with Crippen molar-refractivity contribution in [3.8, 4) is 0 Å². The summed E-state index contributed by atoms with van der Waals surface area (Å²) in [7, 11) is 1.27.